The molecule has 2 aromatic carbocycles. The van der Waals surface area contributed by atoms with Gasteiger partial charge < -0.3 is 14.9 Å². The summed E-state index contributed by atoms with van der Waals surface area (Å²) in [5.74, 6) is 0.0752. The lowest BCUT2D eigenvalue weighted by atomic mass is 9.86. The Hall–Kier alpha value is -4.40. The van der Waals surface area contributed by atoms with Gasteiger partial charge >= 0.3 is 5.97 Å². The Bertz CT molecular complexity index is 1440. The van der Waals surface area contributed by atoms with E-state index in [2.05, 4.69) is 53.1 Å². The molecule has 4 rings (SSSR count). The topological polar surface area (TPSA) is 131 Å². The SMILES string of the molecule is CCCCCCc1nc(-c2cnc(-c3ccc(CC(NC(=O)c4ccc(C(C)(C)C)cc4)C(=O)O)cc3)nc2)no1. The third-order valence-electron chi connectivity index (χ3n) is 6.89. The van der Waals surface area contributed by atoms with Gasteiger partial charge in [0.1, 0.15) is 6.04 Å². The summed E-state index contributed by atoms with van der Waals surface area (Å²) in [7, 11) is 0. The summed E-state index contributed by atoms with van der Waals surface area (Å²) in [4.78, 5) is 38.0. The number of hydrogen-bond acceptors (Lipinski definition) is 7. The molecule has 0 radical (unpaired) electrons. The first-order valence-electron chi connectivity index (χ1n) is 14.0. The van der Waals surface area contributed by atoms with E-state index >= 15 is 0 Å². The number of unbranched alkanes of at least 4 members (excludes halogenated alkanes) is 3. The van der Waals surface area contributed by atoms with Gasteiger partial charge in [-0.25, -0.2) is 14.8 Å². The molecular weight excluding hydrogens is 518 g/mol. The van der Waals surface area contributed by atoms with Gasteiger partial charge in [0.25, 0.3) is 5.91 Å². The van der Waals surface area contributed by atoms with E-state index in [1.54, 1.807) is 24.5 Å². The number of carbonyl (C=O) groups excluding carboxylic acids is 1. The number of rotatable bonds is 12. The highest BCUT2D eigenvalue weighted by atomic mass is 16.5. The zero-order chi connectivity index (χ0) is 29.4. The lowest BCUT2D eigenvalue weighted by Crippen LogP contribution is -2.42. The number of carboxylic acid groups (broad SMARTS) is 1. The molecule has 9 nitrogen and oxygen atoms in total. The van der Waals surface area contributed by atoms with E-state index in [0.717, 1.165) is 36.0 Å². The Morgan fingerprint density at radius 1 is 0.902 bits per heavy atom. The standard InChI is InChI=1S/C32H37N5O4/c1-5-6-7-8-9-27-36-29(37-41-27)24-19-33-28(34-20-24)22-12-10-21(11-13-22)18-26(31(39)40)35-30(38)23-14-16-25(17-15-23)32(2,3)4/h10-17,19-20,26H,5-9,18H2,1-4H3,(H,35,38)(H,39,40). The lowest BCUT2D eigenvalue weighted by Gasteiger charge is -2.19. The van der Waals surface area contributed by atoms with Crippen molar-refractivity contribution in [3.8, 4) is 22.8 Å². The smallest absolute Gasteiger partial charge is 0.326 e. The number of carbonyl (C=O) groups is 2. The molecular formula is C32H37N5O4. The molecule has 0 saturated carbocycles. The molecule has 1 amide bonds. The second-order valence-electron chi connectivity index (χ2n) is 11.2. The molecule has 0 fully saturated rings. The van der Waals surface area contributed by atoms with Crippen LogP contribution in [0.3, 0.4) is 0 Å². The summed E-state index contributed by atoms with van der Waals surface area (Å²) >= 11 is 0. The van der Waals surface area contributed by atoms with Gasteiger partial charge in [-0.3, -0.25) is 4.79 Å². The maximum Gasteiger partial charge on any atom is 0.326 e. The van der Waals surface area contributed by atoms with E-state index in [9.17, 15) is 14.7 Å². The number of benzene rings is 2. The van der Waals surface area contributed by atoms with Gasteiger partial charge in [0, 0.05) is 36.4 Å². The molecule has 0 bridgehead atoms. The summed E-state index contributed by atoms with van der Waals surface area (Å²) in [6.07, 6.45) is 8.75. The molecule has 214 valence electrons. The Morgan fingerprint density at radius 3 is 2.20 bits per heavy atom. The summed E-state index contributed by atoms with van der Waals surface area (Å²) < 4.78 is 5.36. The van der Waals surface area contributed by atoms with Crippen molar-refractivity contribution in [2.75, 3.05) is 0 Å². The molecule has 1 atom stereocenters. The number of nitrogens with zero attached hydrogens (tertiary/aromatic N) is 4. The Labute approximate surface area is 240 Å². The highest BCUT2D eigenvalue weighted by Crippen LogP contribution is 2.23. The first-order chi connectivity index (χ1) is 19.6. The molecule has 2 heterocycles. The summed E-state index contributed by atoms with van der Waals surface area (Å²) in [6.45, 7) is 8.46. The zero-order valence-electron chi connectivity index (χ0n) is 24.1. The van der Waals surface area contributed by atoms with E-state index in [0.29, 0.717) is 28.7 Å². The highest BCUT2D eigenvalue weighted by Gasteiger charge is 2.22. The van der Waals surface area contributed by atoms with Crippen LogP contribution in [0.4, 0.5) is 0 Å². The van der Waals surface area contributed by atoms with Crippen LogP contribution < -0.4 is 5.32 Å². The molecule has 2 N–H and O–H groups in total. The van der Waals surface area contributed by atoms with Crippen LogP contribution in [0.5, 0.6) is 0 Å². The van der Waals surface area contributed by atoms with Gasteiger partial charge in [-0.2, -0.15) is 4.98 Å². The van der Waals surface area contributed by atoms with Crippen LogP contribution in [0, 0.1) is 0 Å². The van der Waals surface area contributed by atoms with E-state index in [1.165, 1.54) is 12.8 Å². The molecule has 9 heteroatoms. The quantitative estimate of drug-likeness (QED) is 0.202. The number of carboxylic acids is 1. The summed E-state index contributed by atoms with van der Waals surface area (Å²) in [6, 6.07) is 13.5. The van der Waals surface area contributed by atoms with Crippen molar-refractivity contribution in [3.63, 3.8) is 0 Å². The van der Waals surface area contributed by atoms with Crippen LogP contribution in [-0.4, -0.2) is 43.1 Å². The van der Waals surface area contributed by atoms with Gasteiger partial charge in [0.2, 0.25) is 11.7 Å². The minimum Gasteiger partial charge on any atom is -0.480 e. The Balaban J connectivity index is 1.36. The minimum absolute atomic E-state index is 0.0383. The number of aryl methyl sites for hydroxylation is 1. The molecule has 2 aromatic heterocycles. The maximum atomic E-state index is 12.7. The summed E-state index contributed by atoms with van der Waals surface area (Å²) in [5, 5.41) is 16.4. The molecule has 41 heavy (non-hydrogen) atoms. The fraction of sp³-hybridized carbons (Fsp3) is 0.375. The number of amides is 1. The van der Waals surface area contributed by atoms with E-state index < -0.39 is 17.9 Å². The number of aromatic nitrogens is 4. The van der Waals surface area contributed by atoms with Gasteiger partial charge in [0.05, 0.1) is 5.56 Å². The highest BCUT2D eigenvalue weighted by molar-refractivity contribution is 5.96. The molecule has 0 aliphatic carbocycles. The third-order valence-corrected chi connectivity index (χ3v) is 6.89. The maximum absolute atomic E-state index is 12.7. The van der Waals surface area contributed by atoms with Crippen LogP contribution in [-0.2, 0) is 23.1 Å². The van der Waals surface area contributed by atoms with Crippen molar-refractivity contribution < 1.29 is 19.2 Å². The Kier molecular flexibility index (Phi) is 9.60. The largest absolute Gasteiger partial charge is 0.480 e. The molecule has 0 aliphatic heterocycles. The van der Waals surface area contributed by atoms with Crippen LogP contribution >= 0.6 is 0 Å². The van der Waals surface area contributed by atoms with Crippen molar-refractivity contribution >= 4 is 11.9 Å². The molecule has 4 aromatic rings. The van der Waals surface area contributed by atoms with Crippen LogP contribution in [0.25, 0.3) is 22.8 Å². The fourth-order valence-electron chi connectivity index (χ4n) is 4.36. The van der Waals surface area contributed by atoms with Crippen molar-refractivity contribution in [1.82, 2.24) is 25.4 Å². The molecule has 0 aliphatic rings. The molecule has 1 unspecified atom stereocenters. The van der Waals surface area contributed by atoms with Gasteiger partial charge in [-0.15, -0.1) is 0 Å². The predicted octanol–water partition coefficient (Wildman–Crippen LogP) is 6.04. The predicted molar refractivity (Wildman–Crippen MR) is 156 cm³/mol. The fourth-order valence-corrected chi connectivity index (χ4v) is 4.36. The Morgan fingerprint density at radius 2 is 1.59 bits per heavy atom. The van der Waals surface area contributed by atoms with Crippen molar-refractivity contribution in [3.05, 3.63) is 83.5 Å². The lowest BCUT2D eigenvalue weighted by molar-refractivity contribution is -0.139. The number of nitrogens with one attached hydrogen (secondary N) is 1. The molecule has 0 spiro atoms. The monoisotopic (exact) mass is 555 g/mol. The first-order valence-corrected chi connectivity index (χ1v) is 14.0. The number of aliphatic carboxylic acids is 1. The normalized spacial score (nSPS) is 12.2. The second-order valence-corrected chi connectivity index (χ2v) is 11.2. The van der Waals surface area contributed by atoms with Gasteiger partial charge in [0.15, 0.2) is 5.82 Å². The average Bonchev–Trinajstić information content (AvgIpc) is 3.44. The average molecular weight is 556 g/mol. The van der Waals surface area contributed by atoms with Crippen LogP contribution in [0.15, 0.2) is 65.4 Å². The number of hydrogen-bond donors (Lipinski definition) is 2. The van der Waals surface area contributed by atoms with Crippen LogP contribution in [0.2, 0.25) is 0 Å². The van der Waals surface area contributed by atoms with E-state index in [4.69, 9.17) is 4.52 Å². The zero-order valence-corrected chi connectivity index (χ0v) is 24.1. The first kappa shape index (κ1) is 29.6. The van der Waals surface area contributed by atoms with E-state index in [-0.39, 0.29) is 11.8 Å². The van der Waals surface area contributed by atoms with E-state index in [1.807, 2.05) is 36.4 Å². The third kappa shape index (κ3) is 8.06. The van der Waals surface area contributed by atoms with Gasteiger partial charge in [-0.1, -0.05) is 88.5 Å². The van der Waals surface area contributed by atoms with Gasteiger partial charge in [-0.05, 0) is 35.1 Å². The van der Waals surface area contributed by atoms with Crippen molar-refractivity contribution in [2.24, 2.45) is 0 Å². The van der Waals surface area contributed by atoms with Crippen molar-refractivity contribution in [2.45, 2.75) is 77.7 Å². The second kappa shape index (κ2) is 13.3. The minimum atomic E-state index is -1.10. The van der Waals surface area contributed by atoms with Crippen LogP contribution in [0.1, 0.15) is 80.8 Å². The van der Waals surface area contributed by atoms with Crippen molar-refractivity contribution in [1.29, 1.82) is 0 Å². The molecule has 0 saturated heterocycles. The summed E-state index contributed by atoms with van der Waals surface area (Å²) in [5.41, 5.74) is 3.69.